The number of hydrogen-bond acceptors (Lipinski definition) is 5. The minimum atomic E-state index is -3.68. The first-order valence-corrected chi connectivity index (χ1v) is 9.90. The number of hydrogen-bond donors (Lipinski definition) is 0. The third-order valence-electron chi connectivity index (χ3n) is 4.28. The van der Waals surface area contributed by atoms with Crippen molar-refractivity contribution in [3.8, 4) is 0 Å². The molecular formula is C17H16ClN3O5S. The molecule has 0 saturated carbocycles. The van der Waals surface area contributed by atoms with E-state index in [-0.39, 0.29) is 42.7 Å². The van der Waals surface area contributed by atoms with Gasteiger partial charge in [0.25, 0.3) is 11.6 Å². The average Bonchev–Trinajstić information content (AvgIpc) is 2.67. The molecule has 8 nitrogen and oxygen atoms in total. The Labute approximate surface area is 161 Å². The van der Waals surface area contributed by atoms with E-state index in [1.54, 1.807) is 12.1 Å². The molecule has 10 heteroatoms. The number of piperazine rings is 1. The van der Waals surface area contributed by atoms with Crippen molar-refractivity contribution in [2.24, 2.45) is 0 Å². The van der Waals surface area contributed by atoms with Gasteiger partial charge in [-0.1, -0.05) is 17.7 Å². The van der Waals surface area contributed by atoms with Crippen LogP contribution in [0.5, 0.6) is 0 Å². The van der Waals surface area contributed by atoms with E-state index >= 15 is 0 Å². The number of nitrogens with zero attached hydrogens (tertiary/aromatic N) is 3. The molecule has 0 spiro atoms. The van der Waals surface area contributed by atoms with E-state index in [0.717, 1.165) is 0 Å². The van der Waals surface area contributed by atoms with Crippen LogP contribution in [0.1, 0.15) is 10.4 Å². The van der Waals surface area contributed by atoms with Gasteiger partial charge in [-0.2, -0.15) is 4.31 Å². The normalized spacial score (nSPS) is 15.5. The number of sulfonamides is 1. The Kier molecular flexibility index (Phi) is 5.45. The summed E-state index contributed by atoms with van der Waals surface area (Å²) in [6.07, 6.45) is 0. The lowest BCUT2D eigenvalue weighted by Gasteiger charge is -2.34. The molecule has 0 radical (unpaired) electrons. The highest BCUT2D eigenvalue weighted by Crippen LogP contribution is 2.21. The topological polar surface area (TPSA) is 101 Å². The van der Waals surface area contributed by atoms with Crippen LogP contribution in [0.2, 0.25) is 5.02 Å². The van der Waals surface area contributed by atoms with E-state index < -0.39 is 14.9 Å². The Balaban J connectivity index is 1.67. The number of carbonyl (C=O) groups excluding carboxylic acids is 1. The summed E-state index contributed by atoms with van der Waals surface area (Å²) in [4.78, 5) is 24.3. The van der Waals surface area contributed by atoms with Crippen LogP contribution in [0.3, 0.4) is 0 Å². The average molecular weight is 410 g/mol. The molecule has 0 atom stereocenters. The highest BCUT2D eigenvalue weighted by Gasteiger charge is 2.30. The van der Waals surface area contributed by atoms with Gasteiger partial charge in [0.15, 0.2) is 0 Å². The Bertz CT molecular complexity index is 970. The molecule has 1 saturated heterocycles. The molecular weight excluding hydrogens is 394 g/mol. The van der Waals surface area contributed by atoms with Crippen molar-refractivity contribution in [2.45, 2.75) is 4.90 Å². The summed E-state index contributed by atoms with van der Waals surface area (Å²) in [7, 11) is -3.68. The van der Waals surface area contributed by atoms with Crippen LogP contribution in [0.4, 0.5) is 5.69 Å². The quantitative estimate of drug-likeness (QED) is 0.570. The molecule has 1 aliphatic rings. The summed E-state index contributed by atoms with van der Waals surface area (Å²) in [5.74, 6) is -0.287. The zero-order chi connectivity index (χ0) is 19.6. The number of carbonyl (C=O) groups is 1. The van der Waals surface area contributed by atoms with Gasteiger partial charge in [0, 0.05) is 48.9 Å². The van der Waals surface area contributed by atoms with E-state index in [2.05, 4.69) is 0 Å². The monoisotopic (exact) mass is 409 g/mol. The molecule has 27 heavy (non-hydrogen) atoms. The van der Waals surface area contributed by atoms with Gasteiger partial charge >= 0.3 is 0 Å². The van der Waals surface area contributed by atoms with Crippen LogP contribution in [-0.4, -0.2) is 54.6 Å². The van der Waals surface area contributed by atoms with E-state index in [1.807, 2.05) is 0 Å². The second kappa shape index (κ2) is 7.63. The van der Waals surface area contributed by atoms with Gasteiger partial charge in [-0.05, 0) is 30.3 Å². The van der Waals surface area contributed by atoms with Gasteiger partial charge in [0.05, 0.1) is 9.82 Å². The minimum absolute atomic E-state index is 0.0935. The smallest absolute Gasteiger partial charge is 0.269 e. The number of halogens is 1. The Morgan fingerprint density at radius 2 is 1.67 bits per heavy atom. The van der Waals surface area contributed by atoms with Crippen molar-refractivity contribution in [3.05, 3.63) is 69.2 Å². The molecule has 0 N–H and O–H groups in total. The van der Waals surface area contributed by atoms with Crippen molar-refractivity contribution < 1.29 is 18.1 Å². The maximum Gasteiger partial charge on any atom is 0.269 e. The predicted molar refractivity (Wildman–Crippen MR) is 99.2 cm³/mol. The fourth-order valence-electron chi connectivity index (χ4n) is 2.82. The number of nitro groups is 1. The third kappa shape index (κ3) is 4.10. The first-order valence-electron chi connectivity index (χ1n) is 8.08. The standard InChI is InChI=1S/C17H16ClN3O5S/c18-14-2-1-3-16(12-14)27(25,26)20-10-8-19(9-11-20)17(22)13-4-6-15(7-5-13)21(23)24/h1-7,12H,8-11H2. The summed E-state index contributed by atoms with van der Waals surface area (Å²) in [5, 5.41) is 11.0. The second-order valence-electron chi connectivity index (χ2n) is 5.96. The molecule has 1 heterocycles. The number of amides is 1. The summed E-state index contributed by atoms with van der Waals surface area (Å²) >= 11 is 5.88. The van der Waals surface area contributed by atoms with Gasteiger partial charge < -0.3 is 4.90 Å². The first-order chi connectivity index (χ1) is 12.8. The van der Waals surface area contributed by atoms with Gasteiger partial charge in [0.1, 0.15) is 0 Å². The van der Waals surface area contributed by atoms with Crippen molar-refractivity contribution in [3.63, 3.8) is 0 Å². The Morgan fingerprint density at radius 1 is 1.04 bits per heavy atom. The molecule has 0 bridgehead atoms. The predicted octanol–water partition coefficient (Wildman–Crippen LogP) is 2.39. The van der Waals surface area contributed by atoms with Crippen molar-refractivity contribution in [2.75, 3.05) is 26.2 Å². The fraction of sp³-hybridized carbons (Fsp3) is 0.235. The third-order valence-corrected chi connectivity index (χ3v) is 6.41. The molecule has 2 aromatic rings. The molecule has 2 aromatic carbocycles. The molecule has 1 amide bonds. The van der Waals surface area contributed by atoms with Crippen LogP contribution in [-0.2, 0) is 10.0 Å². The molecule has 1 aliphatic heterocycles. The maximum absolute atomic E-state index is 12.7. The number of non-ortho nitro benzene ring substituents is 1. The molecule has 142 valence electrons. The van der Waals surface area contributed by atoms with Gasteiger partial charge in [-0.15, -0.1) is 0 Å². The zero-order valence-corrected chi connectivity index (χ0v) is 15.7. The Morgan fingerprint density at radius 3 is 2.22 bits per heavy atom. The van der Waals surface area contributed by atoms with E-state index in [4.69, 9.17) is 11.6 Å². The van der Waals surface area contributed by atoms with Crippen LogP contribution in [0, 0.1) is 10.1 Å². The Hall–Kier alpha value is -2.49. The largest absolute Gasteiger partial charge is 0.336 e. The lowest BCUT2D eigenvalue weighted by Crippen LogP contribution is -2.50. The zero-order valence-electron chi connectivity index (χ0n) is 14.1. The summed E-state index contributed by atoms with van der Waals surface area (Å²) in [5.41, 5.74) is 0.232. The molecule has 0 unspecified atom stereocenters. The number of nitro benzene ring substituents is 1. The molecule has 1 fully saturated rings. The van der Waals surface area contributed by atoms with E-state index in [9.17, 15) is 23.3 Å². The highest BCUT2D eigenvalue weighted by molar-refractivity contribution is 7.89. The lowest BCUT2D eigenvalue weighted by molar-refractivity contribution is -0.384. The summed E-state index contributed by atoms with van der Waals surface area (Å²) in [6, 6.07) is 11.4. The van der Waals surface area contributed by atoms with E-state index in [1.165, 1.54) is 45.6 Å². The highest BCUT2D eigenvalue weighted by atomic mass is 35.5. The van der Waals surface area contributed by atoms with Gasteiger partial charge in [0.2, 0.25) is 10.0 Å². The van der Waals surface area contributed by atoms with Crippen LogP contribution in [0.25, 0.3) is 0 Å². The van der Waals surface area contributed by atoms with Gasteiger partial charge in [-0.3, -0.25) is 14.9 Å². The van der Waals surface area contributed by atoms with Crippen molar-refractivity contribution in [1.29, 1.82) is 0 Å². The lowest BCUT2D eigenvalue weighted by atomic mass is 10.1. The summed E-state index contributed by atoms with van der Waals surface area (Å²) < 4.78 is 26.7. The van der Waals surface area contributed by atoms with Gasteiger partial charge in [-0.25, -0.2) is 8.42 Å². The van der Waals surface area contributed by atoms with Crippen LogP contribution >= 0.6 is 11.6 Å². The first kappa shape index (κ1) is 19.3. The molecule has 0 aliphatic carbocycles. The fourth-order valence-corrected chi connectivity index (χ4v) is 4.54. The van der Waals surface area contributed by atoms with E-state index in [0.29, 0.717) is 10.6 Å². The number of rotatable bonds is 4. The molecule has 0 aromatic heterocycles. The summed E-state index contributed by atoms with van der Waals surface area (Å²) in [6.45, 7) is 0.784. The van der Waals surface area contributed by atoms with Crippen LogP contribution < -0.4 is 0 Å². The second-order valence-corrected chi connectivity index (χ2v) is 8.33. The SMILES string of the molecule is O=C(c1ccc([N+](=O)[O-])cc1)N1CCN(S(=O)(=O)c2cccc(Cl)c2)CC1. The minimum Gasteiger partial charge on any atom is -0.336 e. The van der Waals surface area contributed by atoms with Crippen LogP contribution in [0.15, 0.2) is 53.4 Å². The maximum atomic E-state index is 12.7. The van der Waals surface area contributed by atoms with Crippen molar-refractivity contribution >= 4 is 33.2 Å². The number of benzene rings is 2. The van der Waals surface area contributed by atoms with Crippen molar-refractivity contribution in [1.82, 2.24) is 9.21 Å². The molecule has 3 rings (SSSR count).